The van der Waals surface area contributed by atoms with Crippen molar-refractivity contribution in [3.63, 3.8) is 0 Å². The molecule has 0 aliphatic carbocycles. The lowest BCUT2D eigenvalue weighted by Gasteiger charge is -2.32. The van der Waals surface area contributed by atoms with Crippen LogP contribution in [0.5, 0.6) is 5.75 Å². The van der Waals surface area contributed by atoms with Gasteiger partial charge in [-0.15, -0.1) is 0 Å². The second kappa shape index (κ2) is 7.81. The summed E-state index contributed by atoms with van der Waals surface area (Å²) in [6.45, 7) is 3.84. The molecule has 0 bridgehead atoms. The Hall–Kier alpha value is -2.84. The van der Waals surface area contributed by atoms with Gasteiger partial charge in [0.2, 0.25) is 0 Å². The van der Waals surface area contributed by atoms with E-state index in [-0.39, 0.29) is 11.5 Å². The number of halogens is 3. The van der Waals surface area contributed by atoms with Gasteiger partial charge in [-0.2, -0.15) is 8.78 Å². The summed E-state index contributed by atoms with van der Waals surface area (Å²) in [5, 5.41) is 2.72. The van der Waals surface area contributed by atoms with Crippen LogP contribution in [-0.4, -0.2) is 22.5 Å². The van der Waals surface area contributed by atoms with Gasteiger partial charge in [-0.3, -0.25) is 9.59 Å². The number of aromatic amines is 1. The smallest absolute Gasteiger partial charge is 0.387 e. The lowest BCUT2D eigenvalue weighted by atomic mass is 9.82. The zero-order chi connectivity index (χ0) is 20.4. The summed E-state index contributed by atoms with van der Waals surface area (Å²) < 4.78 is 42.8. The number of carbonyl (C=O) groups excluding carboxylic acids is 1. The molecule has 9 heteroatoms. The lowest BCUT2D eigenvalue weighted by Crippen LogP contribution is -2.37. The fraction of sp³-hybridized carbons (Fsp3) is 0.389. The Bertz CT molecular complexity index is 891. The lowest BCUT2D eigenvalue weighted by molar-refractivity contribution is -0.0522. The third-order valence-corrected chi connectivity index (χ3v) is 3.74. The number of nitrogens with zero attached hydrogens (tertiary/aromatic N) is 1. The van der Waals surface area contributed by atoms with E-state index in [1.165, 1.54) is 13.0 Å². The van der Waals surface area contributed by atoms with E-state index >= 15 is 0 Å². The fourth-order valence-corrected chi connectivity index (χ4v) is 2.59. The zero-order valence-electron chi connectivity index (χ0n) is 15.3. The van der Waals surface area contributed by atoms with Crippen molar-refractivity contribution in [2.45, 2.75) is 40.3 Å². The third-order valence-electron chi connectivity index (χ3n) is 3.74. The molecule has 0 saturated carbocycles. The average Bonchev–Trinajstić information content (AvgIpc) is 2.52. The largest absolute Gasteiger partial charge is 0.432 e. The highest BCUT2D eigenvalue weighted by Gasteiger charge is 2.29. The van der Waals surface area contributed by atoms with Gasteiger partial charge in [0.1, 0.15) is 11.5 Å². The number of nitrogens with one attached hydrogen (secondary N) is 2. The van der Waals surface area contributed by atoms with Crippen LogP contribution in [0.25, 0.3) is 0 Å². The number of amides is 1. The van der Waals surface area contributed by atoms with Crippen LogP contribution in [0.15, 0.2) is 29.1 Å². The molecule has 1 heterocycles. The van der Waals surface area contributed by atoms with Crippen LogP contribution in [0.1, 0.15) is 48.7 Å². The van der Waals surface area contributed by atoms with Crippen molar-refractivity contribution in [2.75, 3.05) is 0 Å². The minimum atomic E-state index is -3.14. The Morgan fingerprint density at radius 3 is 2.44 bits per heavy atom. The zero-order valence-corrected chi connectivity index (χ0v) is 15.3. The van der Waals surface area contributed by atoms with E-state index in [1.807, 2.05) is 20.8 Å². The normalized spacial score (nSPS) is 12.7. The van der Waals surface area contributed by atoms with Crippen LogP contribution < -0.4 is 15.6 Å². The molecule has 1 aromatic heterocycles. The van der Waals surface area contributed by atoms with E-state index in [2.05, 4.69) is 20.0 Å². The summed E-state index contributed by atoms with van der Waals surface area (Å²) in [5.74, 6) is -1.89. The van der Waals surface area contributed by atoms with E-state index < -0.39 is 41.1 Å². The summed E-state index contributed by atoms with van der Waals surface area (Å²) in [6, 6.07) is 3.89. The number of aryl methyl sites for hydroxylation is 1. The molecule has 2 N–H and O–H groups in total. The van der Waals surface area contributed by atoms with Crippen molar-refractivity contribution in [2.24, 2.45) is 5.41 Å². The van der Waals surface area contributed by atoms with Crippen molar-refractivity contribution < 1.29 is 22.7 Å². The van der Waals surface area contributed by atoms with Gasteiger partial charge in [-0.1, -0.05) is 26.8 Å². The second-order valence-corrected chi connectivity index (χ2v) is 7.06. The summed E-state index contributed by atoms with van der Waals surface area (Å²) in [4.78, 5) is 30.5. The molecule has 0 fully saturated rings. The minimum absolute atomic E-state index is 0.0800. The van der Waals surface area contributed by atoms with Crippen LogP contribution in [0.4, 0.5) is 13.2 Å². The van der Waals surface area contributed by atoms with Gasteiger partial charge in [-0.05, 0) is 30.0 Å². The molecule has 0 unspecified atom stereocenters. The van der Waals surface area contributed by atoms with Gasteiger partial charge in [0, 0.05) is 6.07 Å². The molecule has 146 valence electrons. The standard InChI is InChI=1S/C18H20F3N3O3/c1-9-22-12(8-14(25)23-9)16(26)24-15(18(2,3)4)10-5-6-13(11(19)7-10)27-17(20)21/h5-8,15,17H,1-4H3,(H,24,26)(H,22,23,25)/t15-/m0/s1. The molecule has 27 heavy (non-hydrogen) atoms. The molecule has 1 aromatic carbocycles. The Morgan fingerprint density at radius 1 is 1.26 bits per heavy atom. The predicted molar refractivity (Wildman–Crippen MR) is 92.3 cm³/mol. The number of aromatic nitrogens is 2. The SMILES string of the molecule is Cc1nc(C(=O)N[C@@H](c2ccc(OC(F)F)c(F)c2)C(C)(C)C)cc(=O)[nH]1. The number of alkyl halides is 2. The number of carbonyl (C=O) groups is 1. The van der Waals surface area contributed by atoms with Crippen molar-refractivity contribution in [1.82, 2.24) is 15.3 Å². The molecule has 2 rings (SSSR count). The summed E-state index contributed by atoms with van der Waals surface area (Å²) in [5.41, 5.74) is -0.747. The van der Waals surface area contributed by atoms with E-state index in [0.717, 1.165) is 18.2 Å². The molecule has 0 saturated heterocycles. The maximum absolute atomic E-state index is 14.1. The number of H-pyrrole nitrogens is 1. The Morgan fingerprint density at radius 2 is 1.93 bits per heavy atom. The number of hydrogen-bond donors (Lipinski definition) is 2. The molecule has 0 aliphatic rings. The van der Waals surface area contributed by atoms with Crippen LogP contribution >= 0.6 is 0 Å². The summed E-state index contributed by atoms with van der Waals surface area (Å²) in [7, 11) is 0. The number of rotatable bonds is 5. The highest BCUT2D eigenvalue weighted by Crippen LogP contribution is 2.35. The number of hydrogen-bond acceptors (Lipinski definition) is 4. The highest BCUT2D eigenvalue weighted by molar-refractivity contribution is 5.92. The molecule has 0 radical (unpaired) electrons. The van der Waals surface area contributed by atoms with Crippen molar-refractivity contribution >= 4 is 5.91 Å². The maximum Gasteiger partial charge on any atom is 0.387 e. The first-order valence-electron chi connectivity index (χ1n) is 8.10. The molecule has 1 amide bonds. The van der Waals surface area contributed by atoms with Gasteiger partial charge in [0.25, 0.3) is 11.5 Å². The van der Waals surface area contributed by atoms with Crippen LogP contribution in [0, 0.1) is 18.2 Å². The van der Waals surface area contributed by atoms with Gasteiger partial charge < -0.3 is 15.0 Å². The average molecular weight is 383 g/mol. The number of benzene rings is 1. The van der Waals surface area contributed by atoms with E-state index in [1.54, 1.807) is 0 Å². The molecular formula is C18H20F3N3O3. The first-order valence-corrected chi connectivity index (χ1v) is 8.10. The molecule has 0 spiro atoms. The van der Waals surface area contributed by atoms with E-state index in [0.29, 0.717) is 5.56 Å². The Kier molecular flexibility index (Phi) is 5.92. The first kappa shape index (κ1) is 20.5. The fourth-order valence-electron chi connectivity index (χ4n) is 2.59. The second-order valence-electron chi connectivity index (χ2n) is 7.06. The molecule has 1 atom stereocenters. The van der Waals surface area contributed by atoms with Crippen LogP contribution in [-0.2, 0) is 0 Å². The van der Waals surface area contributed by atoms with Gasteiger partial charge >= 0.3 is 6.61 Å². The molecular weight excluding hydrogens is 363 g/mol. The first-order chi connectivity index (χ1) is 12.5. The monoisotopic (exact) mass is 383 g/mol. The van der Waals surface area contributed by atoms with Crippen LogP contribution in [0.2, 0.25) is 0 Å². The van der Waals surface area contributed by atoms with E-state index in [9.17, 15) is 22.8 Å². The van der Waals surface area contributed by atoms with Crippen molar-refractivity contribution in [3.8, 4) is 5.75 Å². The quantitative estimate of drug-likeness (QED) is 0.830. The minimum Gasteiger partial charge on any atom is -0.432 e. The summed E-state index contributed by atoms with van der Waals surface area (Å²) in [6.07, 6.45) is 0. The topological polar surface area (TPSA) is 84.1 Å². The maximum atomic E-state index is 14.1. The van der Waals surface area contributed by atoms with Crippen LogP contribution in [0.3, 0.4) is 0 Å². The molecule has 2 aromatic rings. The van der Waals surface area contributed by atoms with Gasteiger partial charge in [-0.25, -0.2) is 9.37 Å². The highest BCUT2D eigenvalue weighted by atomic mass is 19.3. The Labute approximate surface area is 153 Å². The van der Waals surface area contributed by atoms with Gasteiger partial charge in [0.15, 0.2) is 11.6 Å². The predicted octanol–water partition coefficient (Wildman–Crippen LogP) is 3.34. The summed E-state index contributed by atoms with van der Waals surface area (Å²) >= 11 is 0. The molecule has 0 aliphatic heterocycles. The van der Waals surface area contributed by atoms with E-state index in [4.69, 9.17) is 0 Å². The van der Waals surface area contributed by atoms with Crippen molar-refractivity contribution in [3.05, 3.63) is 57.5 Å². The van der Waals surface area contributed by atoms with Gasteiger partial charge in [0.05, 0.1) is 6.04 Å². The van der Waals surface area contributed by atoms with Crippen molar-refractivity contribution in [1.29, 1.82) is 0 Å². The third kappa shape index (κ3) is 5.32. The molecule has 6 nitrogen and oxygen atoms in total. The Balaban J connectivity index is 2.35. The number of ether oxygens (including phenoxy) is 1.